The number of thiazole rings is 1. The molecular weight excluding hydrogens is 400 g/mol. The summed E-state index contributed by atoms with van der Waals surface area (Å²) in [6.45, 7) is 2.67. The summed E-state index contributed by atoms with van der Waals surface area (Å²) in [6.07, 6.45) is 3.89. The van der Waals surface area contributed by atoms with Crippen molar-refractivity contribution in [3.63, 3.8) is 0 Å². The second kappa shape index (κ2) is 8.98. The van der Waals surface area contributed by atoms with Gasteiger partial charge in [0.2, 0.25) is 5.91 Å². The summed E-state index contributed by atoms with van der Waals surface area (Å²) in [5, 5.41) is 14.1. The van der Waals surface area contributed by atoms with Gasteiger partial charge in [0.25, 0.3) is 5.69 Å². The van der Waals surface area contributed by atoms with Crippen LogP contribution in [0.5, 0.6) is 0 Å². The van der Waals surface area contributed by atoms with Gasteiger partial charge in [-0.25, -0.2) is 4.98 Å². The fourth-order valence-electron chi connectivity index (χ4n) is 3.30. The monoisotopic (exact) mass is 420 g/mol. The van der Waals surface area contributed by atoms with Crippen molar-refractivity contribution >= 4 is 34.1 Å². The van der Waals surface area contributed by atoms with E-state index in [4.69, 9.17) is 0 Å². The van der Waals surface area contributed by atoms with Gasteiger partial charge in [-0.05, 0) is 29.3 Å². The van der Waals surface area contributed by atoms with Gasteiger partial charge in [-0.1, -0.05) is 30.3 Å². The van der Waals surface area contributed by atoms with Crippen molar-refractivity contribution < 1.29 is 9.72 Å². The molecule has 1 N–H and O–H groups in total. The van der Waals surface area contributed by atoms with Gasteiger partial charge in [0.15, 0.2) is 5.13 Å². The van der Waals surface area contributed by atoms with Crippen molar-refractivity contribution in [2.75, 3.05) is 11.9 Å². The van der Waals surface area contributed by atoms with E-state index >= 15 is 0 Å². The molecular formula is C22H20N4O3S. The highest BCUT2D eigenvalue weighted by atomic mass is 32.1. The zero-order valence-electron chi connectivity index (χ0n) is 16.2. The van der Waals surface area contributed by atoms with Crippen molar-refractivity contribution in [2.45, 2.75) is 19.5 Å². The van der Waals surface area contributed by atoms with Crippen LogP contribution in [0.1, 0.15) is 21.7 Å². The maximum absolute atomic E-state index is 12.2. The number of rotatable bonds is 6. The van der Waals surface area contributed by atoms with Gasteiger partial charge in [-0.15, -0.1) is 11.3 Å². The van der Waals surface area contributed by atoms with Gasteiger partial charge in [0, 0.05) is 49.1 Å². The van der Waals surface area contributed by atoms with E-state index < -0.39 is 4.92 Å². The Kier molecular flexibility index (Phi) is 5.97. The van der Waals surface area contributed by atoms with Crippen LogP contribution in [0, 0.1) is 10.1 Å². The van der Waals surface area contributed by atoms with Crippen LogP contribution in [0.3, 0.4) is 0 Å². The number of carbonyl (C=O) groups is 1. The van der Waals surface area contributed by atoms with Crippen LogP contribution < -0.4 is 5.32 Å². The fraction of sp³-hybridized carbons (Fsp3) is 0.182. The predicted octanol–water partition coefficient (Wildman–Crippen LogP) is 4.26. The van der Waals surface area contributed by atoms with Gasteiger partial charge >= 0.3 is 0 Å². The number of benzene rings is 2. The Morgan fingerprint density at radius 3 is 2.70 bits per heavy atom. The molecule has 8 heteroatoms. The molecule has 1 aliphatic rings. The number of fused-ring (bicyclic) bond motifs is 1. The lowest BCUT2D eigenvalue weighted by Gasteiger charge is -2.25. The van der Waals surface area contributed by atoms with Gasteiger partial charge in [0.1, 0.15) is 0 Å². The number of hydrogen-bond acceptors (Lipinski definition) is 6. The van der Waals surface area contributed by atoms with E-state index in [1.165, 1.54) is 40.0 Å². The zero-order valence-corrected chi connectivity index (χ0v) is 17.0. The normalized spacial score (nSPS) is 13.9. The molecule has 0 saturated carbocycles. The quantitative estimate of drug-likeness (QED) is 0.366. The summed E-state index contributed by atoms with van der Waals surface area (Å²) in [4.78, 5) is 30.6. The lowest BCUT2D eigenvalue weighted by atomic mass is 10.1. The SMILES string of the molecule is O=C(C=Cc1ccc([N+](=O)[O-])cc1)Nc1nc2c(s1)CN(Cc1ccccc1)CC2. The minimum atomic E-state index is -0.453. The van der Waals surface area contributed by atoms with Crippen LogP contribution in [0.4, 0.5) is 10.8 Å². The van der Waals surface area contributed by atoms with E-state index in [9.17, 15) is 14.9 Å². The molecule has 0 spiro atoms. The summed E-state index contributed by atoms with van der Waals surface area (Å²) >= 11 is 1.51. The van der Waals surface area contributed by atoms with Crippen LogP contribution in [0.2, 0.25) is 0 Å². The maximum Gasteiger partial charge on any atom is 0.269 e. The van der Waals surface area contributed by atoms with Crippen molar-refractivity contribution in [1.82, 2.24) is 9.88 Å². The zero-order chi connectivity index (χ0) is 20.9. The fourth-order valence-corrected chi connectivity index (χ4v) is 4.36. The van der Waals surface area contributed by atoms with E-state index in [1.807, 2.05) is 6.07 Å². The molecule has 0 bridgehead atoms. The number of nitrogens with one attached hydrogen (secondary N) is 1. The Morgan fingerprint density at radius 2 is 1.97 bits per heavy atom. The minimum Gasteiger partial charge on any atom is -0.298 e. The summed E-state index contributed by atoms with van der Waals surface area (Å²) in [6, 6.07) is 16.4. The van der Waals surface area contributed by atoms with Crippen LogP contribution >= 0.6 is 11.3 Å². The number of carbonyl (C=O) groups excluding carboxylic acids is 1. The lowest BCUT2D eigenvalue weighted by molar-refractivity contribution is -0.384. The highest BCUT2D eigenvalue weighted by Gasteiger charge is 2.21. The molecule has 2 heterocycles. The maximum atomic E-state index is 12.2. The number of nitrogens with zero attached hydrogens (tertiary/aromatic N) is 3. The summed E-state index contributed by atoms with van der Waals surface area (Å²) in [7, 11) is 0. The first-order valence-corrected chi connectivity index (χ1v) is 10.4. The van der Waals surface area contributed by atoms with Crippen LogP contribution in [0.25, 0.3) is 6.08 Å². The first-order valence-electron chi connectivity index (χ1n) is 9.55. The van der Waals surface area contributed by atoms with Crippen molar-refractivity contribution in [1.29, 1.82) is 0 Å². The topological polar surface area (TPSA) is 88.4 Å². The third kappa shape index (κ3) is 4.97. The van der Waals surface area contributed by atoms with Crippen LogP contribution in [-0.4, -0.2) is 27.3 Å². The third-order valence-electron chi connectivity index (χ3n) is 4.82. The predicted molar refractivity (Wildman–Crippen MR) is 117 cm³/mol. The molecule has 2 aromatic carbocycles. The molecule has 7 nitrogen and oxygen atoms in total. The number of aromatic nitrogens is 1. The van der Waals surface area contributed by atoms with Crippen LogP contribution in [-0.2, 0) is 24.3 Å². The Balaban J connectivity index is 1.35. The molecule has 1 aliphatic heterocycles. The largest absolute Gasteiger partial charge is 0.298 e. The molecule has 4 rings (SSSR count). The second-order valence-corrected chi connectivity index (χ2v) is 8.09. The Labute approximate surface area is 177 Å². The number of hydrogen-bond donors (Lipinski definition) is 1. The molecule has 30 heavy (non-hydrogen) atoms. The molecule has 0 atom stereocenters. The van der Waals surface area contributed by atoms with E-state index in [0.29, 0.717) is 10.7 Å². The number of amides is 1. The van der Waals surface area contributed by atoms with E-state index in [2.05, 4.69) is 39.5 Å². The minimum absolute atomic E-state index is 0.0197. The molecule has 152 valence electrons. The number of anilines is 1. The van der Waals surface area contributed by atoms with Gasteiger partial charge < -0.3 is 0 Å². The number of non-ortho nitro benzene ring substituents is 1. The summed E-state index contributed by atoms with van der Waals surface area (Å²) < 4.78 is 0. The highest BCUT2D eigenvalue weighted by Crippen LogP contribution is 2.29. The highest BCUT2D eigenvalue weighted by molar-refractivity contribution is 7.15. The Bertz CT molecular complexity index is 1080. The van der Waals surface area contributed by atoms with Crippen molar-refractivity contribution in [2.24, 2.45) is 0 Å². The first kappa shape index (κ1) is 19.9. The van der Waals surface area contributed by atoms with Gasteiger partial charge in [-0.2, -0.15) is 0 Å². The number of nitro groups is 1. The third-order valence-corrected chi connectivity index (χ3v) is 5.82. The molecule has 1 amide bonds. The Morgan fingerprint density at radius 1 is 1.20 bits per heavy atom. The average molecular weight is 420 g/mol. The standard InChI is InChI=1S/C22H20N4O3S/c27-21(11-8-16-6-9-18(10-7-16)26(28)29)24-22-23-19-12-13-25(15-20(19)30-22)14-17-4-2-1-3-5-17/h1-11H,12-15H2,(H,23,24,27). The lowest BCUT2D eigenvalue weighted by Crippen LogP contribution is -2.29. The number of nitro benzene ring substituents is 1. The molecule has 1 aromatic heterocycles. The van der Waals surface area contributed by atoms with E-state index in [0.717, 1.165) is 31.7 Å². The average Bonchev–Trinajstić information content (AvgIpc) is 3.14. The van der Waals surface area contributed by atoms with Crippen molar-refractivity contribution in [3.05, 3.63) is 92.5 Å². The first-order chi connectivity index (χ1) is 14.6. The smallest absolute Gasteiger partial charge is 0.269 e. The molecule has 0 radical (unpaired) electrons. The molecule has 0 saturated heterocycles. The molecule has 0 aliphatic carbocycles. The van der Waals surface area contributed by atoms with Gasteiger partial charge in [-0.3, -0.25) is 25.1 Å². The molecule has 0 unspecified atom stereocenters. The van der Waals surface area contributed by atoms with E-state index in [1.54, 1.807) is 18.2 Å². The summed E-state index contributed by atoms with van der Waals surface area (Å²) in [5.74, 6) is -0.277. The molecule has 0 fully saturated rings. The second-order valence-electron chi connectivity index (χ2n) is 7.01. The van der Waals surface area contributed by atoms with E-state index in [-0.39, 0.29) is 11.6 Å². The molecule has 3 aromatic rings. The van der Waals surface area contributed by atoms with Gasteiger partial charge in [0.05, 0.1) is 10.6 Å². The Hall–Kier alpha value is -3.36. The summed E-state index contributed by atoms with van der Waals surface area (Å²) in [5.41, 5.74) is 3.08. The van der Waals surface area contributed by atoms with Crippen molar-refractivity contribution in [3.8, 4) is 0 Å². The van der Waals surface area contributed by atoms with Crippen LogP contribution in [0.15, 0.2) is 60.7 Å².